The van der Waals surface area contributed by atoms with Crippen LogP contribution in [0.5, 0.6) is 0 Å². The molecule has 0 spiro atoms. The average Bonchev–Trinajstić information content (AvgIpc) is 3.17. The van der Waals surface area contributed by atoms with Gasteiger partial charge in [0.25, 0.3) is 0 Å². The number of likely N-dealkylation sites (tertiary alicyclic amines) is 1. The first-order valence-corrected chi connectivity index (χ1v) is 8.17. The number of ether oxygens (including phenoxy) is 1. The summed E-state index contributed by atoms with van der Waals surface area (Å²) in [4.78, 5) is 16.7. The van der Waals surface area contributed by atoms with Crippen molar-refractivity contribution in [2.45, 2.75) is 44.2 Å². The fraction of sp³-hybridized carbons (Fsp3) is 0.933. The lowest BCUT2D eigenvalue weighted by Gasteiger charge is -2.32. The van der Waals surface area contributed by atoms with E-state index in [1.807, 2.05) is 4.90 Å². The summed E-state index contributed by atoms with van der Waals surface area (Å²) in [6, 6.07) is 0.563. The first-order valence-electron chi connectivity index (χ1n) is 8.17. The summed E-state index contributed by atoms with van der Waals surface area (Å²) in [6.07, 6.45) is 6.25. The van der Waals surface area contributed by atoms with Gasteiger partial charge in [-0.3, -0.25) is 9.69 Å². The third-order valence-corrected chi connectivity index (χ3v) is 4.93. The van der Waals surface area contributed by atoms with E-state index in [1.165, 1.54) is 12.8 Å². The van der Waals surface area contributed by atoms with Crippen molar-refractivity contribution in [1.82, 2.24) is 15.1 Å². The van der Waals surface area contributed by atoms with Gasteiger partial charge in [-0.15, -0.1) is 0 Å². The Balaban J connectivity index is 1.40. The molecule has 1 unspecified atom stereocenters. The van der Waals surface area contributed by atoms with Gasteiger partial charge < -0.3 is 15.0 Å². The molecule has 20 heavy (non-hydrogen) atoms. The van der Waals surface area contributed by atoms with Crippen LogP contribution in [0.3, 0.4) is 0 Å². The zero-order chi connectivity index (χ0) is 13.8. The Morgan fingerprint density at radius 3 is 2.60 bits per heavy atom. The smallest absolute Gasteiger partial charge is 0.248 e. The normalized spacial score (nSPS) is 29.2. The maximum absolute atomic E-state index is 12.2. The van der Waals surface area contributed by atoms with Crippen LogP contribution in [0.4, 0.5) is 0 Å². The minimum Gasteiger partial charge on any atom is -0.368 e. The average molecular weight is 281 g/mol. The Morgan fingerprint density at radius 1 is 1.10 bits per heavy atom. The van der Waals surface area contributed by atoms with E-state index in [0.717, 1.165) is 58.5 Å². The zero-order valence-corrected chi connectivity index (χ0v) is 12.4. The quantitative estimate of drug-likeness (QED) is 0.813. The molecule has 114 valence electrons. The van der Waals surface area contributed by atoms with Gasteiger partial charge in [-0.2, -0.15) is 0 Å². The molecule has 2 heterocycles. The molecular formula is C15H27N3O2. The van der Waals surface area contributed by atoms with Crippen LogP contribution >= 0.6 is 0 Å². The highest BCUT2D eigenvalue weighted by Gasteiger charge is 2.31. The highest BCUT2D eigenvalue weighted by Crippen LogP contribution is 2.21. The van der Waals surface area contributed by atoms with Crippen molar-refractivity contribution in [3.63, 3.8) is 0 Å². The van der Waals surface area contributed by atoms with Gasteiger partial charge in [0.2, 0.25) is 5.91 Å². The van der Waals surface area contributed by atoms with Gasteiger partial charge >= 0.3 is 0 Å². The molecule has 0 aromatic heterocycles. The maximum Gasteiger partial charge on any atom is 0.248 e. The van der Waals surface area contributed by atoms with Gasteiger partial charge in [-0.25, -0.2) is 0 Å². The molecule has 3 rings (SSSR count). The van der Waals surface area contributed by atoms with Crippen LogP contribution < -0.4 is 5.32 Å². The molecule has 0 radical (unpaired) electrons. The first kappa shape index (κ1) is 14.3. The third-order valence-electron chi connectivity index (χ3n) is 4.93. The Bertz CT molecular complexity index is 325. The van der Waals surface area contributed by atoms with Crippen LogP contribution in [-0.4, -0.2) is 73.7 Å². The lowest BCUT2D eigenvalue weighted by atomic mass is 10.2. The van der Waals surface area contributed by atoms with Crippen LogP contribution in [0, 0.1) is 0 Å². The van der Waals surface area contributed by atoms with E-state index in [-0.39, 0.29) is 5.91 Å². The number of nitrogens with zero attached hydrogens (tertiary/aromatic N) is 2. The van der Waals surface area contributed by atoms with Gasteiger partial charge in [0, 0.05) is 45.3 Å². The first-order chi connectivity index (χ1) is 9.83. The van der Waals surface area contributed by atoms with E-state index in [0.29, 0.717) is 18.8 Å². The second kappa shape index (κ2) is 6.87. The number of rotatable bonds is 4. The molecule has 2 aliphatic heterocycles. The van der Waals surface area contributed by atoms with Crippen LogP contribution in [0.25, 0.3) is 0 Å². The summed E-state index contributed by atoms with van der Waals surface area (Å²) >= 11 is 0. The molecule has 3 aliphatic rings. The number of hydrogen-bond acceptors (Lipinski definition) is 4. The largest absolute Gasteiger partial charge is 0.368 e. The summed E-state index contributed by atoms with van der Waals surface area (Å²) in [7, 11) is 0. The molecule has 3 fully saturated rings. The van der Waals surface area contributed by atoms with E-state index in [4.69, 9.17) is 4.74 Å². The highest BCUT2D eigenvalue weighted by molar-refractivity contribution is 5.77. The lowest BCUT2D eigenvalue weighted by molar-refractivity contribution is -0.137. The monoisotopic (exact) mass is 281 g/mol. The minimum atomic E-state index is 0.189. The Hall–Kier alpha value is -0.650. The second-order valence-electron chi connectivity index (χ2n) is 6.29. The van der Waals surface area contributed by atoms with Gasteiger partial charge in [0.1, 0.15) is 6.61 Å². The van der Waals surface area contributed by atoms with Gasteiger partial charge in [-0.1, -0.05) is 12.8 Å². The molecule has 0 bridgehead atoms. The number of hydrogen-bond donors (Lipinski definition) is 1. The fourth-order valence-electron chi connectivity index (χ4n) is 3.65. The number of nitrogens with one attached hydrogen (secondary N) is 1. The van der Waals surface area contributed by atoms with E-state index in [9.17, 15) is 4.79 Å². The van der Waals surface area contributed by atoms with E-state index < -0.39 is 0 Å². The number of piperazine rings is 1. The van der Waals surface area contributed by atoms with Crippen molar-refractivity contribution >= 4 is 5.91 Å². The van der Waals surface area contributed by atoms with Crippen LogP contribution in [0.1, 0.15) is 32.1 Å². The third kappa shape index (κ3) is 3.51. The number of amides is 1. The lowest BCUT2D eigenvalue weighted by Crippen LogP contribution is -2.49. The Kier molecular flexibility index (Phi) is 4.91. The number of carbonyl (C=O) groups excluding carboxylic acids is 1. The summed E-state index contributed by atoms with van der Waals surface area (Å²) in [5, 5.41) is 3.38. The van der Waals surface area contributed by atoms with E-state index in [2.05, 4.69) is 10.2 Å². The number of carbonyl (C=O) groups is 1. The Morgan fingerprint density at radius 2 is 1.85 bits per heavy atom. The van der Waals surface area contributed by atoms with Gasteiger partial charge in [0.15, 0.2) is 0 Å². The Labute approximate surface area is 121 Å². The zero-order valence-electron chi connectivity index (χ0n) is 12.4. The standard InChI is InChI=1S/C15H27N3O2/c19-15(12-20-14-3-1-2-4-14)18-8-5-13(11-18)17-9-6-16-7-10-17/h13-14,16H,1-12H2. The molecule has 1 atom stereocenters. The van der Waals surface area contributed by atoms with Gasteiger partial charge in [0.05, 0.1) is 6.10 Å². The molecule has 1 aliphatic carbocycles. The summed E-state index contributed by atoms with van der Waals surface area (Å²) in [5.41, 5.74) is 0. The van der Waals surface area contributed by atoms with Crippen molar-refractivity contribution in [1.29, 1.82) is 0 Å². The van der Waals surface area contributed by atoms with Crippen LogP contribution in [0.15, 0.2) is 0 Å². The summed E-state index contributed by atoms with van der Waals surface area (Å²) < 4.78 is 5.74. The van der Waals surface area contributed by atoms with Gasteiger partial charge in [-0.05, 0) is 19.3 Å². The van der Waals surface area contributed by atoms with Crippen molar-refractivity contribution < 1.29 is 9.53 Å². The van der Waals surface area contributed by atoms with Crippen molar-refractivity contribution in [2.24, 2.45) is 0 Å². The fourth-order valence-corrected chi connectivity index (χ4v) is 3.65. The van der Waals surface area contributed by atoms with Crippen LogP contribution in [0.2, 0.25) is 0 Å². The van der Waals surface area contributed by atoms with E-state index in [1.54, 1.807) is 0 Å². The van der Waals surface area contributed by atoms with Crippen molar-refractivity contribution in [3.05, 3.63) is 0 Å². The molecule has 1 amide bonds. The summed E-state index contributed by atoms with van der Waals surface area (Å²) in [6.45, 7) is 6.48. The van der Waals surface area contributed by atoms with Crippen LogP contribution in [-0.2, 0) is 9.53 Å². The maximum atomic E-state index is 12.2. The summed E-state index contributed by atoms with van der Waals surface area (Å²) in [5.74, 6) is 0.189. The second-order valence-corrected chi connectivity index (χ2v) is 6.29. The predicted molar refractivity (Wildman–Crippen MR) is 77.6 cm³/mol. The molecule has 5 nitrogen and oxygen atoms in total. The topological polar surface area (TPSA) is 44.8 Å². The van der Waals surface area contributed by atoms with E-state index >= 15 is 0 Å². The molecule has 1 N–H and O–H groups in total. The molecule has 5 heteroatoms. The SMILES string of the molecule is O=C(COC1CCCC1)N1CCC(N2CCNCC2)C1. The molecule has 0 aromatic carbocycles. The predicted octanol–water partition coefficient (Wildman–Crippen LogP) is 0.452. The minimum absolute atomic E-state index is 0.189. The molecule has 2 saturated heterocycles. The highest BCUT2D eigenvalue weighted by atomic mass is 16.5. The van der Waals surface area contributed by atoms with Crippen molar-refractivity contribution in [2.75, 3.05) is 45.9 Å². The molecule has 0 aromatic rings. The van der Waals surface area contributed by atoms with Crippen molar-refractivity contribution in [3.8, 4) is 0 Å². The molecular weight excluding hydrogens is 254 g/mol. The molecule has 1 saturated carbocycles.